The van der Waals surface area contributed by atoms with E-state index in [1.807, 2.05) is 19.1 Å². The van der Waals surface area contributed by atoms with Gasteiger partial charge in [0, 0.05) is 53.4 Å². The fourth-order valence-corrected chi connectivity index (χ4v) is 6.42. The Bertz CT molecular complexity index is 1430. The summed E-state index contributed by atoms with van der Waals surface area (Å²) in [6.07, 6.45) is -13.5. The largest absolute Gasteiger partial charge is 0.463 e. The average molecular weight is 743 g/mol. The quantitative estimate of drug-likeness (QED) is 0.208. The summed E-state index contributed by atoms with van der Waals surface area (Å²) in [5.41, 5.74) is -0.0824. The number of esters is 7. The molecule has 1 aromatic rings. The molecule has 1 aromatic carbocycles. The average Bonchev–Trinajstić information content (AvgIpc) is 3.00. The lowest BCUT2D eigenvalue weighted by molar-refractivity contribution is -0.341. The predicted octanol–water partition coefficient (Wildman–Crippen LogP) is 1.71. The summed E-state index contributed by atoms with van der Waals surface area (Å²) < 4.78 is 57.0. The van der Waals surface area contributed by atoms with Gasteiger partial charge >= 0.3 is 41.8 Å². The molecule has 0 radical (unpaired) electrons. The van der Waals surface area contributed by atoms with E-state index in [4.69, 9.17) is 47.4 Å². The van der Waals surface area contributed by atoms with Gasteiger partial charge in [-0.05, 0) is 19.1 Å². The van der Waals surface area contributed by atoms with Crippen LogP contribution in [0.3, 0.4) is 0 Å². The number of hydrogen-bond acceptors (Lipinski definition) is 18. The first kappa shape index (κ1) is 41.2. The van der Waals surface area contributed by atoms with Crippen LogP contribution in [0.5, 0.6) is 0 Å². The maximum Gasteiger partial charge on any atom is 0.303 e. The summed E-state index contributed by atoms with van der Waals surface area (Å²) in [5.74, 6) is -5.62. The molecule has 282 valence electrons. The molecule has 2 fully saturated rings. The molecular formula is C33H42O17S. The van der Waals surface area contributed by atoms with Crippen molar-refractivity contribution in [2.45, 2.75) is 121 Å². The minimum absolute atomic E-state index is 0.471. The van der Waals surface area contributed by atoms with Crippen molar-refractivity contribution in [3.05, 3.63) is 29.8 Å². The Hall–Kier alpha value is -4.26. The van der Waals surface area contributed by atoms with E-state index in [2.05, 4.69) is 0 Å². The van der Waals surface area contributed by atoms with Crippen molar-refractivity contribution in [3.63, 3.8) is 0 Å². The van der Waals surface area contributed by atoms with E-state index in [0.717, 1.165) is 65.8 Å². The smallest absolute Gasteiger partial charge is 0.303 e. The highest BCUT2D eigenvalue weighted by atomic mass is 32.2. The normalized spacial score (nSPS) is 28.7. The van der Waals surface area contributed by atoms with Gasteiger partial charge in [-0.15, -0.1) is 0 Å². The van der Waals surface area contributed by atoms with E-state index in [9.17, 15) is 33.6 Å². The molecule has 10 atom stereocenters. The third kappa shape index (κ3) is 12.5. The fourth-order valence-electron chi connectivity index (χ4n) is 5.32. The number of ether oxygens (including phenoxy) is 10. The van der Waals surface area contributed by atoms with Crippen molar-refractivity contribution in [2.75, 3.05) is 13.2 Å². The lowest BCUT2D eigenvalue weighted by Crippen LogP contribution is -2.66. The monoisotopic (exact) mass is 742 g/mol. The minimum Gasteiger partial charge on any atom is -0.463 e. The van der Waals surface area contributed by atoms with Crippen LogP contribution in [0.1, 0.15) is 54.0 Å². The third-order valence-corrected chi connectivity index (χ3v) is 8.31. The molecule has 0 spiro atoms. The molecule has 0 N–H and O–H groups in total. The Labute approximate surface area is 298 Å². The Balaban J connectivity index is 2.16. The molecule has 3 rings (SSSR count). The summed E-state index contributed by atoms with van der Waals surface area (Å²) in [6, 6.07) is 7.30. The SMILES string of the molecule is CC(=O)OC[C@H]1O[C@@H](Sc2ccc(C)cc2)[C@H](OC(C)=O)[C@@H](OC(C)=O)[C@@H]1O[C@@H]1O[C@H](COC(C)=O)[C@@H](OC(C)=O)[C@H](OC(C)=O)[C@H]1OC(C)=O. The van der Waals surface area contributed by atoms with E-state index >= 15 is 0 Å². The van der Waals surface area contributed by atoms with Gasteiger partial charge in [0.25, 0.3) is 0 Å². The van der Waals surface area contributed by atoms with Crippen LogP contribution in [0.2, 0.25) is 0 Å². The third-order valence-electron chi connectivity index (χ3n) is 7.16. The van der Waals surface area contributed by atoms with Crippen molar-refractivity contribution < 1.29 is 80.9 Å². The molecule has 2 heterocycles. The minimum atomic E-state index is -1.75. The zero-order valence-corrected chi connectivity index (χ0v) is 30.2. The van der Waals surface area contributed by atoms with Gasteiger partial charge in [0.05, 0.1) is 0 Å². The Morgan fingerprint density at radius 1 is 0.529 bits per heavy atom. The number of thioether (sulfide) groups is 1. The molecular weight excluding hydrogens is 700 g/mol. The first-order valence-electron chi connectivity index (χ1n) is 15.8. The van der Waals surface area contributed by atoms with Crippen molar-refractivity contribution in [1.82, 2.24) is 0 Å². The van der Waals surface area contributed by atoms with Crippen molar-refractivity contribution in [2.24, 2.45) is 0 Å². The van der Waals surface area contributed by atoms with Gasteiger partial charge in [0.15, 0.2) is 36.8 Å². The van der Waals surface area contributed by atoms with Crippen LogP contribution in [0.15, 0.2) is 29.2 Å². The van der Waals surface area contributed by atoms with Gasteiger partial charge in [-0.1, -0.05) is 29.5 Å². The van der Waals surface area contributed by atoms with E-state index in [1.165, 1.54) is 0 Å². The van der Waals surface area contributed by atoms with Crippen molar-refractivity contribution in [3.8, 4) is 0 Å². The number of carbonyl (C=O) groups excluding carboxylic acids is 7. The highest BCUT2D eigenvalue weighted by Crippen LogP contribution is 2.39. The van der Waals surface area contributed by atoms with Gasteiger partial charge in [0.2, 0.25) is 0 Å². The van der Waals surface area contributed by atoms with Gasteiger partial charge in [-0.25, -0.2) is 0 Å². The molecule has 17 nitrogen and oxygen atoms in total. The fraction of sp³-hybridized carbons (Fsp3) is 0.606. The van der Waals surface area contributed by atoms with Gasteiger partial charge in [-0.3, -0.25) is 33.6 Å². The Kier molecular flexibility index (Phi) is 15.2. The second-order valence-electron chi connectivity index (χ2n) is 11.6. The molecule has 0 unspecified atom stereocenters. The van der Waals surface area contributed by atoms with E-state index in [-0.39, 0.29) is 0 Å². The highest BCUT2D eigenvalue weighted by Gasteiger charge is 2.57. The maximum absolute atomic E-state index is 12.6. The summed E-state index contributed by atoms with van der Waals surface area (Å²) in [4.78, 5) is 86.4. The lowest BCUT2D eigenvalue weighted by Gasteiger charge is -2.48. The van der Waals surface area contributed by atoms with E-state index in [0.29, 0.717) is 4.90 Å². The van der Waals surface area contributed by atoms with Crippen LogP contribution in [-0.2, 0) is 80.9 Å². The van der Waals surface area contributed by atoms with Crippen LogP contribution < -0.4 is 0 Å². The summed E-state index contributed by atoms with van der Waals surface area (Å²) in [6.45, 7) is 8.57. The molecule has 51 heavy (non-hydrogen) atoms. The second-order valence-corrected chi connectivity index (χ2v) is 12.8. The van der Waals surface area contributed by atoms with E-state index in [1.54, 1.807) is 12.1 Å². The lowest BCUT2D eigenvalue weighted by atomic mass is 9.96. The number of rotatable bonds is 13. The van der Waals surface area contributed by atoms with Gasteiger partial charge in [0.1, 0.15) is 37.0 Å². The molecule has 0 aliphatic carbocycles. The van der Waals surface area contributed by atoms with E-state index < -0.39 is 116 Å². The molecule has 2 saturated heterocycles. The van der Waals surface area contributed by atoms with Crippen LogP contribution in [-0.4, -0.2) is 116 Å². The zero-order chi connectivity index (χ0) is 38.0. The van der Waals surface area contributed by atoms with Gasteiger partial charge in [-0.2, -0.15) is 0 Å². The molecule has 0 amide bonds. The number of benzene rings is 1. The number of hydrogen-bond donors (Lipinski definition) is 0. The molecule has 18 heteroatoms. The van der Waals surface area contributed by atoms with Crippen LogP contribution >= 0.6 is 11.8 Å². The number of carbonyl (C=O) groups is 7. The van der Waals surface area contributed by atoms with Crippen molar-refractivity contribution >= 4 is 53.5 Å². The second kappa shape index (κ2) is 18.8. The number of aryl methyl sites for hydroxylation is 1. The summed E-state index contributed by atoms with van der Waals surface area (Å²) >= 11 is 1.13. The standard InChI is InChI=1S/C33H42O17S/c1-15-9-11-23(12-10-15)51-33-31(47-22(8)40)29(45-20(6)38)27(25(49-33)14-42-17(3)35)50-32-30(46-21(7)39)28(44-19(5)37)26(43-18(4)36)24(48-32)13-41-16(2)34/h9-12,24-33H,13-14H2,1-8H3/t24-,25-,26-,27-,28+,29+,30-,31-,32+,33+/m1/s1. The molecule has 2 aliphatic rings. The molecule has 0 bridgehead atoms. The molecule has 2 aliphatic heterocycles. The molecule has 0 saturated carbocycles. The van der Waals surface area contributed by atoms with Crippen LogP contribution in [0.4, 0.5) is 0 Å². The first-order chi connectivity index (χ1) is 23.9. The van der Waals surface area contributed by atoms with Gasteiger partial charge < -0.3 is 47.4 Å². The topological polar surface area (TPSA) is 212 Å². The maximum atomic E-state index is 12.6. The zero-order valence-electron chi connectivity index (χ0n) is 29.3. The van der Waals surface area contributed by atoms with Crippen LogP contribution in [0.25, 0.3) is 0 Å². The summed E-state index contributed by atoms with van der Waals surface area (Å²) in [5, 5.41) is 0. The highest BCUT2D eigenvalue weighted by molar-refractivity contribution is 7.99. The van der Waals surface area contributed by atoms with Crippen molar-refractivity contribution in [1.29, 1.82) is 0 Å². The first-order valence-corrected chi connectivity index (χ1v) is 16.7. The summed E-state index contributed by atoms with van der Waals surface area (Å²) in [7, 11) is 0. The Morgan fingerprint density at radius 3 is 1.41 bits per heavy atom. The molecule has 0 aromatic heterocycles. The van der Waals surface area contributed by atoms with Crippen LogP contribution in [0, 0.1) is 6.92 Å². The Morgan fingerprint density at radius 2 is 0.941 bits per heavy atom. The predicted molar refractivity (Wildman–Crippen MR) is 170 cm³/mol.